The Morgan fingerprint density at radius 1 is 1.24 bits per heavy atom. The molecule has 1 aliphatic rings. The molecule has 0 spiro atoms. The Labute approximate surface area is 175 Å². The van der Waals surface area contributed by atoms with Gasteiger partial charge in [0.2, 0.25) is 5.91 Å². The van der Waals surface area contributed by atoms with Gasteiger partial charge in [0, 0.05) is 31.7 Å². The molecule has 3 aromatic rings. The zero-order valence-electron chi connectivity index (χ0n) is 16.9. The molecule has 3 heterocycles. The molecular weight excluding hydrogens is 388 g/mol. The van der Waals surface area contributed by atoms with Gasteiger partial charge in [-0.1, -0.05) is 25.4 Å². The minimum absolute atomic E-state index is 0.0241. The SMILES string of the molecule is CC(C)c1nc2cc(NC(=O)C3CCCN(c4ccc(Cl)nn4)C3)ccc2n1C. The quantitative estimate of drug-likeness (QED) is 0.701. The van der Waals surface area contributed by atoms with Crippen LogP contribution in [0.1, 0.15) is 38.4 Å². The van der Waals surface area contributed by atoms with Gasteiger partial charge in [-0.15, -0.1) is 10.2 Å². The minimum Gasteiger partial charge on any atom is -0.354 e. The van der Waals surface area contributed by atoms with Crippen molar-refractivity contribution in [3.8, 4) is 0 Å². The van der Waals surface area contributed by atoms with E-state index < -0.39 is 0 Å². The number of nitrogens with zero attached hydrogens (tertiary/aromatic N) is 5. The van der Waals surface area contributed by atoms with Crippen molar-refractivity contribution in [1.82, 2.24) is 19.7 Å². The highest BCUT2D eigenvalue weighted by Crippen LogP contribution is 2.26. The summed E-state index contributed by atoms with van der Waals surface area (Å²) in [5.74, 6) is 2.05. The zero-order valence-corrected chi connectivity index (χ0v) is 17.6. The fourth-order valence-corrected chi connectivity index (χ4v) is 4.03. The number of benzene rings is 1. The van der Waals surface area contributed by atoms with E-state index in [1.165, 1.54) is 0 Å². The Hall–Kier alpha value is -2.67. The van der Waals surface area contributed by atoms with Gasteiger partial charge in [0.15, 0.2) is 11.0 Å². The van der Waals surface area contributed by atoms with Crippen molar-refractivity contribution in [1.29, 1.82) is 0 Å². The van der Waals surface area contributed by atoms with Gasteiger partial charge in [-0.3, -0.25) is 4.79 Å². The summed E-state index contributed by atoms with van der Waals surface area (Å²) in [6, 6.07) is 9.47. The Morgan fingerprint density at radius 3 is 2.79 bits per heavy atom. The van der Waals surface area contributed by atoms with E-state index in [1.807, 2.05) is 31.3 Å². The molecule has 2 aromatic heterocycles. The number of nitrogens with one attached hydrogen (secondary N) is 1. The second kappa shape index (κ2) is 7.99. The number of amides is 1. The number of carbonyl (C=O) groups is 1. The predicted octanol–water partition coefficient (Wildman–Crippen LogP) is 4.00. The summed E-state index contributed by atoms with van der Waals surface area (Å²) in [6.07, 6.45) is 1.78. The van der Waals surface area contributed by atoms with Crippen molar-refractivity contribution >= 4 is 40.0 Å². The first-order valence-electron chi connectivity index (χ1n) is 9.94. The third kappa shape index (κ3) is 4.05. The van der Waals surface area contributed by atoms with Gasteiger partial charge in [-0.05, 0) is 43.2 Å². The van der Waals surface area contributed by atoms with E-state index in [0.29, 0.717) is 17.6 Å². The van der Waals surface area contributed by atoms with Gasteiger partial charge >= 0.3 is 0 Å². The number of fused-ring (bicyclic) bond motifs is 1. The summed E-state index contributed by atoms with van der Waals surface area (Å²) < 4.78 is 2.11. The summed E-state index contributed by atoms with van der Waals surface area (Å²) in [5, 5.41) is 11.5. The van der Waals surface area contributed by atoms with Crippen molar-refractivity contribution in [2.45, 2.75) is 32.6 Å². The smallest absolute Gasteiger partial charge is 0.229 e. The number of anilines is 2. The summed E-state index contributed by atoms with van der Waals surface area (Å²) in [4.78, 5) is 19.7. The third-order valence-electron chi connectivity index (χ3n) is 5.43. The molecule has 0 saturated carbocycles. The zero-order chi connectivity index (χ0) is 20.5. The molecule has 8 heteroatoms. The topological polar surface area (TPSA) is 75.9 Å². The summed E-state index contributed by atoms with van der Waals surface area (Å²) in [7, 11) is 2.03. The van der Waals surface area contributed by atoms with Gasteiger partial charge in [0.05, 0.1) is 17.0 Å². The number of piperidine rings is 1. The van der Waals surface area contributed by atoms with Crippen LogP contribution in [0, 0.1) is 5.92 Å². The van der Waals surface area contributed by atoms with Gasteiger partial charge in [0.25, 0.3) is 0 Å². The molecule has 0 aliphatic carbocycles. The van der Waals surface area contributed by atoms with Crippen LogP contribution in [0.2, 0.25) is 5.15 Å². The normalized spacial score (nSPS) is 17.1. The molecule has 1 unspecified atom stereocenters. The van der Waals surface area contributed by atoms with E-state index in [0.717, 1.165) is 47.7 Å². The van der Waals surface area contributed by atoms with E-state index in [4.69, 9.17) is 16.6 Å². The molecule has 0 bridgehead atoms. The number of aromatic nitrogens is 4. The number of aryl methyl sites for hydroxylation is 1. The molecule has 7 nitrogen and oxygen atoms in total. The van der Waals surface area contributed by atoms with Gasteiger partial charge < -0.3 is 14.8 Å². The van der Waals surface area contributed by atoms with Crippen LogP contribution in [0.25, 0.3) is 11.0 Å². The van der Waals surface area contributed by atoms with Crippen molar-refractivity contribution in [3.05, 3.63) is 41.3 Å². The number of hydrogen-bond donors (Lipinski definition) is 1. The average molecular weight is 413 g/mol. The maximum Gasteiger partial charge on any atom is 0.229 e. The van der Waals surface area contributed by atoms with Crippen molar-refractivity contribution < 1.29 is 4.79 Å². The first-order valence-corrected chi connectivity index (χ1v) is 10.3. The second-order valence-electron chi connectivity index (χ2n) is 7.88. The van der Waals surface area contributed by atoms with Crippen LogP contribution >= 0.6 is 11.6 Å². The Morgan fingerprint density at radius 2 is 2.07 bits per heavy atom. The Balaban J connectivity index is 1.47. The molecule has 1 fully saturated rings. The number of rotatable bonds is 4. The third-order valence-corrected chi connectivity index (χ3v) is 5.64. The number of hydrogen-bond acceptors (Lipinski definition) is 5. The summed E-state index contributed by atoms with van der Waals surface area (Å²) in [6.45, 7) is 5.73. The average Bonchev–Trinajstić information content (AvgIpc) is 3.05. The highest BCUT2D eigenvalue weighted by Gasteiger charge is 2.27. The number of imidazole rings is 1. The van der Waals surface area contributed by atoms with Crippen LogP contribution in [0.3, 0.4) is 0 Å². The molecule has 1 atom stereocenters. The van der Waals surface area contributed by atoms with Crippen LogP contribution in [-0.2, 0) is 11.8 Å². The molecule has 1 N–H and O–H groups in total. The van der Waals surface area contributed by atoms with E-state index in [-0.39, 0.29) is 11.8 Å². The molecule has 1 aromatic carbocycles. The lowest BCUT2D eigenvalue weighted by molar-refractivity contribution is -0.120. The molecular formula is C21H25ClN6O. The summed E-state index contributed by atoms with van der Waals surface area (Å²) in [5.41, 5.74) is 2.74. The molecule has 152 valence electrons. The summed E-state index contributed by atoms with van der Waals surface area (Å²) >= 11 is 5.83. The van der Waals surface area contributed by atoms with Gasteiger partial charge in [-0.2, -0.15) is 0 Å². The Bertz CT molecular complexity index is 1030. The molecule has 4 rings (SSSR count). The lowest BCUT2D eigenvalue weighted by atomic mass is 9.97. The highest BCUT2D eigenvalue weighted by atomic mass is 35.5. The van der Waals surface area contributed by atoms with Gasteiger partial charge in [-0.25, -0.2) is 4.98 Å². The predicted molar refractivity (Wildman–Crippen MR) is 115 cm³/mol. The van der Waals surface area contributed by atoms with E-state index in [2.05, 4.69) is 38.8 Å². The van der Waals surface area contributed by atoms with Crippen LogP contribution in [-0.4, -0.2) is 38.7 Å². The number of carbonyl (C=O) groups excluding carboxylic acids is 1. The number of halogens is 1. The van der Waals surface area contributed by atoms with E-state index >= 15 is 0 Å². The maximum atomic E-state index is 12.9. The van der Waals surface area contributed by atoms with Crippen LogP contribution < -0.4 is 10.2 Å². The van der Waals surface area contributed by atoms with Crippen molar-refractivity contribution in [3.63, 3.8) is 0 Å². The lowest BCUT2D eigenvalue weighted by Gasteiger charge is -2.32. The van der Waals surface area contributed by atoms with Crippen molar-refractivity contribution in [2.24, 2.45) is 13.0 Å². The molecule has 29 heavy (non-hydrogen) atoms. The van der Waals surface area contributed by atoms with Gasteiger partial charge in [0.1, 0.15) is 5.82 Å². The van der Waals surface area contributed by atoms with Crippen LogP contribution in [0.15, 0.2) is 30.3 Å². The molecule has 1 saturated heterocycles. The van der Waals surface area contributed by atoms with E-state index in [9.17, 15) is 4.79 Å². The molecule has 1 aliphatic heterocycles. The second-order valence-corrected chi connectivity index (χ2v) is 8.26. The molecule has 1 amide bonds. The fourth-order valence-electron chi connectivity index (χ4n) is 3.93. The first kappa shape index (κ1) is 19.6. The lowest BCUT2D eigenvalue weighted by Crippen LogP contribution is -2.41. The molecule has 0 radical (unpaired) electrons. The maximum absolute atomic E-state index is 12.9. The first-order chi connectivity index (χ1) is 13.9. The van der Waals surface area contributed by atoms with E-state index in [1.54, 1.807) is 6.07 Å². The largest absolute Gasteiger partial charge is 0.354 e. The monoisotopic (exact) mass is 412 g/mol. The van der Waals surface area contributed by atoms with Crippen LogP contribution in [0.4, 0.5) is 11.5 Å². The standard InChI is InChI=1S/C21H25ClN6O/c1-13(2)20-24-16-11-15(6-7-17(16)27(20)3)23-21(29)14-5-4-10-28(12-14)19-9-8-18(22)25-26-19/h6-9,11,13-14H,4-5,10,12H2,1-3H3,(H,23,29). The highest BCUT2D eigenvalue weighted by molar-refractivity contribution is 6.29. The Kier molecular flexibility index (Phi) is 5.41. The fraction of sp³-hybridized carbons (Fsp3) is 0.429. The van der Waals surface area contributed by atoms with Crippen LogP contribution in [0.5, 0.6) is 0 Å². The minimum atomic E-state index is -0.105. The van der Waals surface area contributed by atoms with Crippen molar-refractivity contribution in [2.75, 3.05) is 23.3 Å².